The number of nitrogen functional groups attached to an aromatic ring is 1. The molecule has 1 aromatic heterocycles. The standard InChI is InChI=1S/C16H20N4O/c1-11(2)13-5-3-12(4-6-13)9-19-16(21)15-8-7-14(20-17)10-18-15/h3-8,10-11,20H,9,17H2,1-2H3,(H,19,21). The van der Waals surface area contributed by atoms with Gasteiger partial charge in [0.2, 0.25) is 0 Å². The van der Waals surface area contributed by atoms with Gasteiger partial charge in [-0.05, 0) is 29.2 Å². The number of rotatable bonds is 5. The van der Waals surface area contributed by atoms with Crippen LogP contribution in [0.25, 0.3) is 0 Å². The predicted molar refractivity (Wildman–Crippen MR) is 83.7 cm³/mol. The minimum atomic E-state index is -0.202. The zero-order valence-electron chi connectivity index (χ0n) is 12.3. The largest absolute Gasteiger partial charge is 0.347 e. The second kappa shape index (κ2) is 6.85. The van der Waals surface area contributed by atoms with Crippen LogP contribution < -0.4 is 16.6 Å². The SMILES string of the molecule is CC(C)c1ccc(CNC(=O)c2ccc(NN)cn2)cc1. The number of anilines is 1. The molecule has 1 amide bonds. The summed E-state index contributed by atoms with van der Waals surface area (Å²) in [6.45, 7) is 4.79. The molecule has 2 aromatic rings. The molecule has 0 spiro atoms. The van der Waals surface area contributed by atoms with Gasteiger partial charge in [0.15, 0.2) is 0 Å². The highest BCUT2D eigenvalue weighted by Gasteiger charge is 2.07. The fourth-order valence-corrected chi connectivity index (χ4v) is 1.91. The number of hydrazine groups is 1. The third kappa shape index (κ3) is 4.03. The van der Waals surface area contributed by atoms with Crippen molar-refractivity contribution in [1.29, 1.82) is 0 Å². The van der Waals surface area contributed by atoms with E-state index in [1.807, 2.05) is 12.1 Å². The first-order chi connectivity index (χ1) is 10.1. The fraction of sp³-hybridized carbons (Fsp3) is 0.250. The van der Waals surface area contributed by atoms with Crippen molar-refractivity contribution in [2.75, 3.05) is 5.43 Å². The van der Waals surface area contributed by atoms with Crippen LogP contribution in [0.5, 0.6) is 0 Å². The number of hydrogen-bond acceptors (Lipinski definition) is 4. The minimum absolute atomic E-state index is 0.202. The molecule has 5 nitrogen and oxygen atoms in total. The highest BCUT2D eigenvalue weighted by Crippen LogP contribution is 2.14. The van der Waals surface area contributed by atoms with E-state index in [0.717, 1.165) is 5.56 Å². The molecule has 0 saturated carbocycles. The first-order valence-electron chi connectivity index (χ1n) is 6.90. The lowest BCUT2D eigenvalue weighted by Gasteiger charge is -2.08. The zero-order valence-corrected chi connectivity index (χ0v) is 12.3. The number of aromatic nitrogens is 1. The van der Waals surface area contributed by atoms with E-state index in [4.69, 9.17) is 5.84 Å². The Hall–Kier alpha value is -2.40. The van der Waals surface area contributed by atoms with Crippen LogP contribution in [-0.2, 0) is 6.54 Å². The lowest BCUT2D eigenvalue weighted by Crippen LogP contribution is -2.23. The van der Waals surface area contributed by atoms with Crippen LogP contribution in [0.3, 0.4) is 0 Å². The number of carbonyl (C=O) groups is 1. The summed E-state index contributed by atoms with van der Waals surface area (Å²) in [4.78, 5) is 16.0. The Balaban J connectivity index is 1.93. The van der Waals surface area contributed by atoms with E-state index in [0.29, 0.717) is 23.8 Å². The molecular formula is C16H20N4O. The van der Waals surface area contributed by atoms with Crippen LogP contribution in [0.2, 0.25) is 0 Å². The Morgan fingerprint density at radius 2 is 1.90 bits per heavy atom. The maximum atomic E-state index is 12.0. The summed E-state index contributed by atoms with van der Waals surface area (Å²) in [5.74, 6) is 5.56. The Morgan fingerprint density at radius 3 is 2.43 bits per heavy atom. The van der Waals surface area contributed by atoms with Gasteiger partial charge in [0.25, 0.3) is 5.91 Å². The van der Waals surface area contributed by atoms with Crippen molar-refractivity contribution in [3.05, 3.63) is 59.4 Å². The first kappa shape index (κ1) is 15.0. The van der Waals surface area contributed by atoms with E-state index < -0.39 is 0 Å². The molecule has 4 N–H and O–H groups in total. The molecule has 0 aliphatic heterocycles. The van der Waals surface area contributed by atoms with Crippen molar-refractivity contribution in [3.63, 3.8) is 0 Å². The van der Waals surface area contributed by atoms with E-state index in [-0.39, 0.29) is 5.91 Å². The van der Waals surface area contributed by atoms with Crippen molar-refractivity contribution in [2.24, 2.45) is 5.84 Å². The molecule has 0 atom stereocenters. The van der Waals surface area contributed by atoms with Crippen molar-refractivity contribution in [1.82, 2.24) is 10.3 Å². The second-order valence-corrected chi connectivity index (χ2v) is 5.16. The summed E-state index contributed by atoms with van der Waals surface area (Å²) >= 11 is 0. The lowest BCUT2D eigenvalue weighted by molar-refractivity contribution is 0.0946. The van der Waals surface area contributed by atoms with Crippen LogP contribution >= 0.6 is 0 Å². The van der Waals surface area contributed by atoms with Gasteiger partial charge in [-0.25, -0.2) is 4.98 Å². The Morgan fingerprint density at radius 1 is 1.19 bits per heavy atom. The number of benzene rings is 1. The van der Waals surface area contributed by atoms with Gasteiger partial charge in [0, 0.05) is 6.54 Å². The molecule has 0 aliphatic carbocycles. The summed E-state index contributed by atoms with van der Waals surface area (Å²) in [5, 5.41) is 2.85. The summed E-state index contributed by atoms with van der Waals surface area (Å²) < 4.78 is 0. The number of nitrogens with zero attached hydrogens (tertiary/aromatic N) is 1. The normalized spacial score (nSPS) is 10.5. The lowest BCUT2D eigenvalue weighted by atomic mass is 10.0. The number of amides is 1. The molecule has 1 aromatic carbocycles. The van der Waals surface area contributed by atoms with Gasteiger partial charge in [-0.2, -0.15) is 0 Å². The molecule has 0 unspecified atom stereocenters. The third-order valence-corrected chi connectivity index (χ3v) is 3.26. The number of pyridine rings is 1. The maximum Gasteiger partial charge on any atom is 0.270 e. The maximum absolute atomic E-state index is 12.0. The number of nitrogens with two attached hydrogens (primary N) is 1. The average molecular weight is 284 g/mol. The third-order valence-electron chi connectivity index (χ3n) is 3.26. The van der Waals surface area contributed by atoms with Gasteiger partial charge in [0.05, 0.1) is 11.9 Å². The summed E-state index contributed by atoms with van der Waals surface area (Å²) in [5.41, 5.74) is 5.85. The summed E-state index contributed by atoms with van der Waals surface area (Å²) in [6.07, 6.45) is 1.52. The molecule has 0 radical (unpaired) electrons. The quantitative estimate of drug-likeness (QED) is 0.582. The highest BCUT2D eigenvalue weighted by molar-refractivity contribution is 5.92. The van der Waals surface area contributed by atoms with E-state index in [1.54, 1.807) is 12.1 Å². The summed E-state index contributed by atoms with van der Waals surface area (Å²) in [6, 6.07) is 11.6. The van der Waals surface area contributed by atoms with Crippen molar-refractivity contribution in [3.8, 4) is 0 Å². The molecule has 0 saturated heterocycles. The molecule has 0 aliphatic rings. The first-order valence-corrected chi connectivity index (χ1v) is 6.90. The van der Waals surface area contributed by atoms with E-state index in [2.05, 4.69) is 41.7 Å². The number of nitrogens with one attached hydrogen (secondary N) is 2. The number of carbonyl (C=O) groups excluding carboxylic acids is 1. The van der Waals surface area contributed by atoms with Gasteiger partial charge in [0.1, 0.15) is 5.69 Å². The van der Waals surface area contributed by atoms with Crippen LogP contribution in [-0.4, -0.2) is 10.9 Å². The fourth-order valence-electron chi connectivity index (χ4n) is 1.91. The Kier molecular flexibility index (Phi) is 4.90. The Bertz CT molecular complexity index is 591. The highest BCUT2D eigenvalue weighted by atomic mass is 16.1. The van der Waals surface area contributed by atoms with E-state index in [9.17, 15) is 4.79 Å². The molecule has 21 heavy (non-hydrogen) atoms. The number of hydrogen-bond donors (Lipinski definition) is 3. The minimum Gasteiger partial charge on any atom is -0.347 e. The van der Waals surface area contributed by atoms with Crippen LogP contribution in [0.15, 0.2) is 42.6 Å². The topological polar surface area (TPSA) is 80.0 Å². The second-order valence-electron chi connectivity index (χ2n) is 5.16. The van der Waals surface area contributed by atoms with Crippen molar-refractivity contribution >= 4 is 11.6 Å². The zero-order chi connectivity index (χ0) is 15.2. The smallest absolute Gasteiger partial charge is 0.270 e. The van der Waals surface area contributed by atoms with Gasteiger partial charge in [-0.1, -0.05) is 38.1 Å². The van der Waals surface area contributed by atoms with Crippen molar-refractivity contribution in [2.45, 2.75) is 26.3 Å². The molecule has 0 fully saturated rings. The van der Waals surface area contributed by atoms with E-state index in [1.165, 1.54) is 11.8 Å². The summed E-state index contributed by atoms with van der Waals surface area (Å²) in [7, 11) is 0. The van der Waals surface area contributed by atoms with Crippen LogP contribution in [0.4, 0.5) is 5.69 Å². The van der Waals surface area contributed by atoms with Gasteiger partial charge >= 0.3 is 0 Å². The molecule has 5 heteroatoms. The molecular weight excluding hydrogens is 264 g/mol. The van der Waals surface area contributed by atoms with Gasteiger partial charge in [-0.3, -0.25) is 10.6 Å². The molecule has 1 heterocycles. The molecule has 2 rings (SSSR count). The molecule has 110 valence electrons. The van der Waals surface area contributed by atoms with Crippen LogP contribution in [0.1, 0.15) is 41.4 Å². The monoisotopic (exact) mass is 284 g/mol. The van der Waals surface area contributed by atoms with Gasteiger partial charge < -0.3 is 10.7 Å². The van der Waals surface area contributed by atoms with Crippen LogP contribution in [0, 0.1) is 0 Å². The van der Waals surface area contributed by atoms with E-state index >= 15 is 0 Å². The molecule has 0 bridgehead atoms. The van der Waals surface area contributed by atoms with Crippen molar-refractivity contribution < 1.29 is 4.79 Å². The van der Waals surface area contributed by atoms with Gasteiger partial charge in [-0.15, -0.1) is 0 Å². The Labute approximate surface area is 124 Å². The predicted octanol–water partition coefficient (Wildman–Crippen LogP) is 2.42. The average Bonchev–Trinajstić information content (AvgIpc) is 2.53.